The van der Waals surface area contributed by atoms with E-state index in [1.165, 1.54) is 18.3 Å². The van der Waals surface area contributed by atoms with E-state index in [0.717, 1.165) is 25.7 Å². The average molecular weight is 524 g/mol. The van der Waals surface area contributed by atoms with E-state index in [0.29, 0.717) is 34.1 Å². The summed E-state index contributed by atoms with van der Waals surface area (Å²) in [6.07, 6.45) is 1.87. The van der Waals surface area contributed by atoms with Gasteiger partial charge in [0.1, 0.15) is 15.7 Å². The van der Waals surface area contributed by atoms with Gasteiger partial charge in [-0.05, 0) is 50.0 Å². The number of amides is 2. The van der Waals surface area contributed by atoms with Crippen LogP contribution in [0.2, 0.25) is 0 Å². The molecule has 0 aromatic carbocycles. The third-order valence-electron chi connectivity index (χ3n) is 7.18. The van der Waals surface area contributed by atoms with Crippen LogP contribution in [0.15, 0.2) is 16.3 Å². The number of anilines is 2. The summed E-state index contributed by atoms with van der Waals surface area (Å²) in [6.45, 7) is 5.71. The Kier molecular flexibility index (Phi) is 7.53. The lowest BCUT2D eigenvalue weighted by molar-refractivity contribution is -0.119. The maximum atomic E-state index is 14.1. The van der Waals surface area contributed by atoms with E-state index < -0.39 is 18.3 Å². The standard InChI is InChI=1S/C24H35F2N7O2S/c1-12(34)29-13-5-7-14(8-6-13)30-23-15(22(27)35)9-18(36-23)33-17-11-24(2,3)10-16(31-28-4)19(17)20(32-33)21(25)26/h9,13-14,17,19,21,28,30H,5-8,10-11H2,1-4H3,(H2,27,35)(H,29,34)/b31-16+. The van der Waals surface area contributed by atoms with Crippen LogP contribution in [-0.4, -0.2) is 54.8 Å². The van der Waals surface area contributed by atoms with Gasteiger partial charge in [0.25, 0.3) is 12.3 Å². The van der Waals surface area contributed by atoms with Crippen molar-refractivity contribution in [3.8, 4) is 0 Å². The van der Waals surface area contributed by atoms with E-state index in [2.05, 4.69) is 40.1 Å². The van der Waals surface area contributed by atoms with E-state index >= 15 is 0 Å². The Morgan fingerprint density at radius 3 is 2.50 bits per heavy atom. The fourth-order valence-corrected chi connectivity index (χ4v) is 6.87. The first-order chi connectivity index (χ1) is 17.0. The number of thiophene rings is 1. The summed E-state index contributed by atoms with van der Waals surface area (Å²) in [6, 6.07) is 1.60. The Balaban J connectivity index is 1.61. The molecule has 2 atom stereocenters. The van der Waals surface area contributed by atoms with Crippen LogP contribution < -0.4 is 26.8 Å². The summed E-state index contributed by atoms with van der Waals surface area (Å²) in [7, 11) is 1.66. The summed E-state index contributed by atoms with van der Waals surface area (Å²) in [5.41, 5.74) is 9.12. The second-order valence-electron chi connectivity index (χ2n) is 10.7. The highest BCUT2D eigenvalue weighted by molar-refractivity contribution is 7.20. The summed E-state index contributed by atoms with van der Waals surface area (Å²) in [5.74, 6) is -1.21. The smallest absolute Gasteiger partial charge is 0.279 e. The normalized spacial score (nSPS) is 28.6. The number of fused-ring (bicyclic) bond motifs is 1. The van der Waals surface area contributed by atoms with Gasteiger partial charge >= 0.3 is 0 Å². The van der Waals surface area contributed by atoms with Crippen LogP contribution >= 0.6 is 11.3 Å². The van der Waals surface area contributed by atoms with Gasteiger partial charge < -0.3 is 21.8 Å². The van der Waals surface area contributed by atoms with Crippen LogP contribution in [0, 0.1) is 11.3 Å². The van der Waals surface area contributed by atoms with Crippen molar-refractivity contribution in [3.05, 3.63) is 11.6 Å². The molecule has 2 saturated carbocycles. The number of halogens is 2. The summed E-state index contributed by atoms with van der Waals surface area (Å²) in [4.78, 5) is 23.6. The molecule has 2 unspecified atom stereocenters. The zero-order chi connectivity index (χ0) is 26.2. The Labute approximate surface area is 213 Å². The quantitative estimate of drug-likeness (QED) is 0.407. The Hall–Kier alpha value is -2.76. The number of carbonyl (C=O) groups is 2. The number of nitrogens with zero attached hydrogens (tertiary/aromatic N) is 3. The molecule has 198 valence electrons. The van der Waals surface area contributed by atoms with Gasteiger partial charge in [-0.3, -0.25) is 14.6 Å². The molecular formula is C24H35F2N7O2S. The zero-order valence-corrected chi connectivity index (χ0v) is 21.9. The third-order valence-corrected chi connectivity index (χ3v) is 8.24. The first-order valence-corrected chi connectivity index (χ1v) is 13.2. The van der Waals surface area contributed by atoms with Gasteiger partial charge in [0.2, 0.25) is 5.91 Å². The van der Waals surface area contributed by atoms with E-state index in [1.807, 2.05) is 0 Å². The van der Waals surface area contributed by atoms with E-state index in [9.17, 15) is 18.4 Å². The molecule has 1 aromatic rings. The van der Waals surface area contributed by atoms with Crippen molar-refractivity contribution in [3.63, 3.8) is 0 Å². The number of hydrogen-bond acceptors (Lipinski definition) is 8. The van der Waals surface area contributed by atoms with E-state index in [4.69, 9.17) is 5.73 Å². The molecule has 1 aliphatic heterocycles. The molecule has 2 fully saturated rings. The number of nitrogens with one attached hydrogen (secondary N) is 3. The monoisotopic (exact) mass is 523 g/mol. The molecule has 4 rings (SSSR count). The number of primary amides is 1. The number of hydrogen-bond donors (Lipinski definition) is 4. The highest BCUT2D eigenvalue weighted by Crippen LogP contribution is 2.47. The maximum Gasteiger partial charge on any atom is 0.279 e. The van der Waals surface area contributed by atoms with Gasteiger partial charge in [-0.25, -0.2) is 8.78 Å². The predicted octanol–water partition coefficient (Wildman–Crippen LogP) is 3.53. The lowest BCUT2D eigenvalue weighted by atomic mass is 9.68. The fourth-order valence-electron chi connectivity index (χ4n) is 5.72. The molecule has 36 heavy (non-hydrogen) atoms. The minimum absolute atomic E-state index is 0.0354. The van der Waals surface area contributed by atoms with Crippen LogP contribution in [0.5, 0.6) is 0 Å². The molecule has 9 nitrogen and oxygen atoms in total. The first-order valence-electron chi connectivity index (χ1n) is 12.4. The third kappa shape index (κ3) is 5.47. The summed E-state index contributed by atoms with van der Waals surface area (Å²) < 4.78 is 28.2. The SMILES string of the molecule is CN/N=C1\CC(C)(C)CC2C1C(C(F)F)=NN2c1cc(C(N)=O)c(NC2CCC(NC(C)=O)CC2)s1. The minimum Gasteiger partial charge on any atom is -0.373 e. The first kappa shape index (κ1) is 26.3. The Morgan fingerprint density at radius 1 is 1.25 bits per heavy atom. The molecule has 12 heteroatoms. The molecule has 0 spiro atoms. The van der Waals surface area contributed by atoms with E-state index in [-0.39, 0.29) is 35.2 Å². The molecule has 2 aliphatic carbocycles. The van der Waals surface area contributed by atoms with Crippen LogP contribution in [0.4, 0.5) is 18.8 Å². The average Bonchev–Trinajstić information content (AvgIpc) is 3.36. The van der Waals surface area contributed by atoms with Crippen LogP contribution in [0.3, 0.4) is 0 Å². The van der Waals surface area contributed by atoms with Crippen molar-refractivity contribution in [2.45, 2.75) is 83.8 Å². The van der Waals surface area contributed by atoms with Gasteiger partial charge in [0.05, 0.1) is 17.5 Å². The van der Waals surface area contributed by atoms with Crippen molar-refractivity contribution >= 4 is 44.6 Å². The second-order valence-corrected chi connectivity index (χ2v) is 11.7. The fraction of sp³-hybridized carbons (Fsp3) is 0.667. The van der Waals surface area contributed by atoms with Crippen LogP contribution in [0.1, 0.15) is 69.7 Å². The molecule has 0 bridgehead atoms. The lowest BCUT2D eigenvalue weighted by Crippen LogP contribution is -2.48. The van der Waals surface area contributed by atoms with Crippen molar-refractivity contribution in [2.24, 2.45) is 27.3 Å². The second kappa shape index (κ2) is 10.3. The highest BCUT2D eigenvalue weighted by Gasteiger charge is 2.51. The van der Waals surface area contributed by atoms with Crippen molar-refractivity contribution in [1.29, 1.82) is 0 Å². The highest BCUT2D eigenvalue weighted by atomic mass is 32.1. The van der Waals surface area contributed by atoms with Crippen molar-refractivity contribution in [1.82, 2.24) is 10.7 Å². The molecule has 0 saturated heterocycles. The van der Waals surface area contributed by atoms with Crippen molar-refractivity contribution < 1.29 is 18.4 Å². The molecule has 5 N–H and O–H groups in total. The number of hydrazone groups is 2. The van der Waals surface area contributed by atoms with Crippen molar-refractivity contribution in [2.75, 3.05) is 17.4 Å². The number of alkyl halides is 2. The number of rotatable bonds is 7. The Morgan fingerprint density at radius 2 is 1.92 bits per heavy atom. The number of carbonyl (C=O) groups excluding carboxylic acids is 2. The molecule has 0 radical (unpaired) electrons. The largest absolute Gasteiger partial charge is 0.373 e. The molecule has 1 aromatic heterocycles. The molecule has 2 heterocycles. The van der Waals surface area contributed by atoms with E-state index in [1.54, 1.807) is 18.1 Å². The lowest BCUT2D eigenvalue weighted by Gasteiger charge is -2.40. The zero-order valence-electron chi connectivity index (χ0n) is 21.1. The predicted molar refractivity (Wildman–Crippen MR) is 139 cm³/mol. The molecule has 3 aliphatic rings. The van der Waals surface area contributed by atoms with Gasteiger partial charge in [-0.2, -0.15) is 10.2 Å². The van der Waals surface area contributed by atoms with Gasteiger partial charge in [-0.15, -0.1) is 0 Å². The van der Waals surface area contributed by atoms with Gasteiger partial charge in [0.15, 0.2) is 0 Å². The summed E-state index contributed by atoms with van der Waals surface area (Å²) in [5, 5.41) is 18.0. The summed E-state index contributed by atoms with van der Waals surface area (Å²) >= 11 is 1.31. The van der Waals surface area contributed by atoms with Crippen LogP contribution in [0.25, 0.3) is 0 Å². The maximum absolute atomic E-state index is 14.1. The Bertz CT molecular complexity index is 1060. The van der Waals surface area contributed by atoms with Gasteiger partial charge in [-0.1, -0.05) is 25.2 Å². The topological polar surface area (TPSA) is 124 Å². The number of nitrogens with two attached hydrogens (primary N) is 1. The van der Waals surface area contributed by atoms with Crippen LogP contribution in [-0.2, 0) is 4.79 Å². The van der Waals surface area contributed by atoms with Gasteiger partial charge in [0, 0.05) is 31.8 Å². The minimum atomic E-state index is -2.71. The molecular weight excluding hydrogens is 488 g/mol. The molecule has 2 amide bonds.